The van der Waals surface area contributed by atoms with Gasteiger partial charge in [0.2, 0.25) is 0 Å². The fraction of sp³-hybridized carbons (Fsp3) is 0.744. The van der Waals surface area contributed by atoms with Gasteiger partial charge >= 0.3 is 11.9 Å². The maximum atomic E-state index is 12.5. The number of esters is 2. The molecule has 0 aromatic heterocycles. The van der Waals surface area contributed by atoms with Gasteiger partial charge in [0, 0.05) is 6.42 Å². The summed E-state index contributed by atoms with van der Waals surface area (Å²) in [5, 5.41) is 0. The molecule has 3 saturated carbocycles. The summed E-state index contributed by atoms with van der Waals surface area (Å²) in [6.07, 6.45) is 25.9. The second kappa shape index (κ2) is 18.0. The summed E-state index contributed by atoms with van der Waals surface area (Å²) in [6, 6.07) is 0. The molecule has 0 aliphatic heterocycles. The van der Waals surface area contributed by atoms with E-state index in [1.165, 1.54) is 62.5 Å². The lowest BCUT2D eigenvalue weighted by atomic mass is 9.60. The van der Waals surface area contributed by atoms with Crippen molar-refractivity contribution in [3.8, 4) is 0 Å². The number of hydrogen-bond acceptors (Lipinski definition) is 4. The number of carbonyl (C=O) groups excluding carboxylic acids is 2. The number of carbonyl (C=O) groups is 2. The molecule has 0 saturated heterocycles. The highest BCUT2D eigenvalue weighted by atomic mass is 16.5. The standard InChI is InChI=1S/C39H62O4/c1-7-8-9-10-11-12-27-42-37(40)24-25-38(41)43-34-21-18-30(4)33(28-34)20-19-32-17-14-26-39(6)35(22-23-36(32)39)31(5)16-13-15-29(2)3/h8-9,19-20,29,31,34-36H,4,7,10-18,21-28H2,1-3,5-6H3/b9-8?,32-19?,33-20-/t31-,34+,35-,36?,39-/m1/s1. The van der Waals surface area contributed by atoms with Gasteiger partial charge in [0.1, 0.15) is 6.10 Å². The number of rotatable bonds is 16. The zero-order valence-corrected chi connectivity index (χ0v) is 28.3. The molecule has 0 radical (unpaired) electrons. The third-order valence-electron chi connectivity index (χ3n) is 10.6. The normalized spacial score (nSPS) is 28.5. The second-order valence-corrected chi connectivity index (χ2v) is 14.4. The van der Waals surface area contributed by atoms with E-state index in [0.29, 0.717) is 24.4 Å². The first-order valence-corrected chi connectivity index (χ1v) is 17.7. The van der Waals surface area contributed by atoms with Crippen molar-refractivity contribution in [1.29, 1.82) is 0 Å². The molecule has 5 atom stereocenters. The Kier molecular flexibility index (Phi) is 14.8. The van der Waals surface area contributed by atoms with Gasteiger partial charge in [-0.3, -0.25) is 9.59 Å². The molecular weight excluding hydrogens is 532 g/mol. The predicted octanol–water partition coefficient (Wildman–Crippen LogP) is 10.6. The minimum absolute atomic E-state index is 0.0793. The zero-order chi connectivity index (χ0) is 31.2. The van der Waals surface area contributed by atoms with Gasteiger partial charge in [0.15, 0.2) is 0 Å². The van der Waals surface area contributed by atoms with Crippen molar-refractivity contribution < 1.29 is 19.1 Å². The molecule has 242 valence electrons. The minimum atomic E-state index is -0.316. The van der Waals surface area contributed by atoms with E-state index >= 15 is 0 Å². The van der Waals surface area contributed by atoms with Gasteiger partial charge < -0.3 is 9.47 Å². The molecule has 0 N–H and O–H groups in total. The maximum absolute atomic E-state index is 12.5. The van der Waals surface area contributed by atoms with E-state index in [0.717, 1.165) is 56.3 Å². The number of ether oxygens (including phenoxy) is 2. The van der Waals surface area contributed by atoms with Crippen LogP contribution in [0.4, 0.5) is 0 Å². The highest BCUT2D eigenvalue weighted by Gasteiger charge is 2.50. The van der Waals surface area contributed by atoms with Gasteiger partial charge in [-0.25, -0.2) is 0 Å². The van der Waals surface area contributed by atoms with Crippen LogP contribution in [0.2, 0.25) is 0 Å². The van der Waals surface area contributed by atoms with E-state index in [4.69, 9.17) is 9.47 Å². The SMILES string of the molecule is C=C1CC[C@H](OC(=O)CCC(=O)OCCCCC=CCC)C/C1=C/C=C1CCC[C@@]2(C)C1CC[C@@H]2[C@H](C)CCCC(C)C. The van der Waals surface area contributed by atoms with Crippen LogP contribution in [0.25, 0.3) is 0 Å². The quantitative estimate of drug-likeness (QED) is 0.101. The van der Waals surface area contributed by atoms with Crippen LogP contribution in [0.15, 0.2) is 47.6 Å². The van der Waals surface area contributed by atoms with Crippen molar-refractivity contribution in [2.75, 3.05) is 6.61 Å². The summed E-state index contributed by atoms with van der Waals surface area (Å²) < 4.78 is 11.1. The molecule has 3 fully saturated rings. The molecule has 0 aromatic carbocycles. The Bertz CT molecular complexity index is 1000. The highest BCUT2D eigenvalue weighted by Crippen LogP contribution is 2.60. The molecule has 0 spiro atoms. The molecule has 0 amide bonds. The van der Waals surface area contributed by atoms with Crippen molar-refractivity contribution in [2.45, 2.75) is 150 Å². The topological polar surface area (TPSA) is 52.6 Å². The Morgan fingerprint density at radius 3 is 2.53 bits per heavy atom. The smallest absolute Gasteiger partial charge is 0.306 e. The van der Waals surface area contributed by atoms with Crippen LogP contribution in [-0.4, -0.2) is 24.6 Å². The number of fused-ring (bicyclic) bond motifs is 1. The Morgan fingerprint density at radius 1 is 0.977 bits per heavy atom. The van der Waals surface area contributed by atoms with Crippen LogP contribution in [0.5, 0.6) is 0 Å². The van der Waals surface area contributed by atoms with Gasteiger partial charge in [0.05, 0.1) is 19.4 Å². The van der Waals surface area contributed by atoms with E-state index in [1.54, 1.807) is 5.57 Å². The third kappa shape index (κ3) is 11.1. The van der Waals surface area contributed by atoms with Crippen LogP contribution >= 0.6 is 0 Å². The van der Waals surface area contributed by atoms with Gasteiger partial charge in [-0.05, 0) is 105 Å². The first-order chi connectivity index (χ1) is 20.6. The molecule has 4 nitrogen and oxygen atoms in total. The van der Waals surface area contributed by atoms with E-state index in [2.05, 4.69) is 65.5 Å². The largest absolute Gasteiger partial charge is 0.466 e. The van der Waals surface area contributed by atoms with Crippen molar-refractivity contribution in [3.63, 3.8) is 0 Å². The average Bonchev–Trinajstić information content (AvgIpc) is 3.33. The fourth-order valence-electron chi connectivity index (χ4n) is 8.10. The van der Waals surface area contributed by atoms with Gasteiger partial charge in [-0.15, -0.1) is 0 Å². The molecule has 0 bridgehead atoms. The summed E-state index contributed by atoms with van der Waals surface area (Å²) in [7, 11) is 0. The van der Waals surface area contributed by atoms with Gasteiger partial charge in [0.25, 0.3) is 0 Å². The number of unbranched alkanes of at least 4 members (excludes halogenated alkanes) is 2. The van der Waals surface area contributed by atoms with E-state index in [1.807, 2.05) is 0 Å². The minimum Gasteiger partial charge on any atom is -0.466 e. The molecule has 3 aliphatic carbocycles. The Hall–Kier alpha value is -2.10. The predicted molar refractivity (Wildman–Crippen MR) is 179 cm³/mol. The van der Waals surface area contributed by atoms with Crippen molar-refractivity contribution in [3.05, 3.63) is 47.6 Å². The molecule has 0 heterocycles. The molecule has 1 unspecified atom stereocenters. The fourth-order valence-corrected chi connectivity index (χ4v) is 8.10. The summed E-state index contributed by atoms with van der Waals surface area (Å²) in [4.78, 5) is 24.6. The van der Waals surface area contributed by atoms with Gasteiger partial charge in [-0.2, -0.15) is 0 Å². The Morgan fingerprint density at radius 2 is 1.77 bits per heavy atom. The molecular formula is C39H62O4. The van der Waals surface area contributed by atoms with Crippen molar-refractivity contribution in [1.82, 2.24) is 0 Å². The van der Waals surface area contributed by atoms with Gasteiger partial charge in [-0.1, -0.05) is 95.9 Å². The van der Waals surface area contributed by atoms with Crippen molar-refractivity contribution >= 4 is 11.9 Å². The lowest BCUT2D eigenvalue weighted by Crippen LogP contribution is -2.36. The number of hydrogen-bond donors (Lipinski definition) is 0. The van der Waals surface area contributed by atoms with Crippen LogP contribution in [0.1, 0.15) is 144 Å². The summed E-state index contributed by atoms with van der Waals surface area (Å²) in [5.74, 6) is 2.51. The molecule has 0 aromatic rings. The van der Waals surface area contributed by atoms with Crippen LogP contribution in [0.3, 0.4) is 0 Å². The monoisotopic (exact) mass is 594 g/mol. The summed E-state index contributed by atoms with van der Waals surface area (Å²) in [5.41, 5.74) is 4.43. The molecule has 3 aliphatic rings. The first-order valence-electron chi connectivity index (χ1n) is 17.7. The highest BCUT2D eigenvalue weighted by molar-refractivity contribution is 5.77. The molecule has 3 rings (SSSR count). The van der Waals surface area contributed by atoms with Crippen LogP contribution in [0, 0.1) is 29.1 Å². The first kappa shape index (κ1) is 35.4. The summed E-state index contributed by atoms with van der Waals surface area (Å²) in [6.45, 7) is 16.7. The Labute approximate surface area is 263 Å². The maximum Gasteiger partial charge on any atom is 0.306 e. The molecule has 43 heavy (non-hydrogen) atoms. The summed E-state index contributed by atoms with van der Waals surface area (Å²) >= 11 is 0. The van der Waals surface area contributed by atoms with Crippen molar-refractivity contribution in [2.24, 2.45) is 29.1 Å². The Balaban J connectivity index is 1.47. The lowest BCUT2D eigenvalue weighted by molar-refractivity contribution is -0.154. The second-order valence-electron chi connectivity index (χ2n) is 14.4. The van der Waals surface area contributed by atoms with Crippen LogP contribution in [-0.2, 0) is 19.1 Å². The van der Waals surface area contributed by atoms with E-state index in [9.17, 15) is 9.59 Å². The van der Waals surface area contributed by atoms with Crippen LogP contribution < -0.4 is 0 Å². The molecule has 4 heteroatoms. The van der Waals surface area contributed by atoms with E-state index in [-0.39, 0.29) is 30.9 Å². The third-order valence-corrected chi connectivity index (χ3v) is 10.6. The average molecular weight is 595 g/mol. The lowest BCUT2D eigenvalue weighted by Gasteiger charge is -2.44. The van der Waals surface area contributed by atoms with E-state index < -0.39 is 0 Å². The zero-order valence-electron chi connectivity index (χ0n) is 28.3. The number of allylic oxidation sites excluding steroid dienone is 6.